The molecule has 4 rings (SSSR count). The first kappa shape index (κ1) is 23.3. The molecule has 0 radical (unpaired) electrons. The molecule has 34 heavy (non-hydrogen) atoms. The van der Waals surface area contributed by atoms with Gasteiger partial charge in [-0.2, -0.15) is 0 Å². The maximum Gasteiger partial charge on any atom is 0.238 e. The van der Waals surface area contributed by atoms with Gasteiger partial charge in [-0.25, -0.2) is 22.3 Å². The number of hydrogen-bond acceptors (Lipinski definition) is 2. The summed E-state index contributed by atoms with van der Waals surface area (Å²) in [5.74, 6) is -0.747. The molecule has 0 aliphatic rings. The third-order valence-electron chi connectivity index (χ3n) is 5.59. The van der Waals surface area contributed by atoms with E-state index in [9.17, 15) is 17.2 Å². The van der Waals surface area contributed by atoms with E-state index in [0.717, 1.165) is 33.4 Å². The molecule has 2 N–H and O–H groups in total. The Balaban J connectivity index is 1.93. The first-order chi connectivity index (χ1) is 16.2. The fourth-order valence-electron chi connectivity index (χ4n) is 3.79. The summed E-state index contributed by atoms with van der Waals surface area (Å²) in [5.41, 5.74) is 5.45. The largest absolute Gasteiger partial charge is 0.238 e. The third-order valence-corrected chi connectivity index (χ3v) is 6.52. The van der Waals surface area contributed by atoms with Gasteiger partial charge in [0.05, 0.1) is 4.90 Å². The van der Waals surface area contributed by atoms with Crippen LogP contribution in [0.1, 0.15) is 11.1 Å². The van der Waals surface area contributed by atoms with E-state index in [1.54, 1.807) is 36.4 Å². The zero-order valence-electron chi connectivity index (χ0n) is 18.1. The molecule has 0 fully saturated rings. The smallest absolute Gasteiger partial charge is 0.225 e. The standard InChI is InChI=1S/C28H21F2NO2S/c1-3-18-15-21(8-13-27(18)29)22-7-12-25(20-5-10-24(11-6-20)34(31,32)33)26(17-22)23-9-14-28(30)19(4-2)16-23/h3-17H,1-2H2,(H2,31,32,33). The summed E-state index contributed by atoms with van der Waals surface area (Å²) in [6.45, 7) is 7.34. The van der Waals surface area contributed by atoms with Gasteiger partial charge < -0.3 is 0 Å². The van der Waals surface area contributed by atoms with E-state index >= 15 is 0 Å². The highest BCUT2D eigenvalue weighted by Crippen LogP contribution is 2.37. The van der Waals surface area contributed by atoms with Crippen molar-refractivity contribution in [2.75, 3.05) is 0 Å². The Labute approximate surface area is 197 Å². The zero-order valence-corrected chi connectivity index (χ0v) is 18.9. The second-order valence-corrected chi connectivity index (χ2v) is 9.27. The van der Waals surface area contributed by atoms with Gasteiger partial charge in [-0.15, -0.1) is 0 Å². The molecule has 0 heterocycles. The van der Waals surface area contributed by atoms with Crippen molar-refractivity contribution in [1.29, 1.82) is 0 Å². The molecule has 0 aromatic heterocycles. The van der Waals surface area contributed by atoms with Crippen molar-refractivity contribution in [2.24, 2.45) is 5.14 Å². The van der Waals surface area contributed by atoms with Gasteiger partial charge in [0.2, 0.25) is 10.0 Å². The Bertz CT molecular complexity index is 1530. The summed E-state index contributed by atoms with van der Waals surface area (Å²) in [4.78, 5) is 0.00779. The molecule has 4 aromatic rings. The first-order valence-corrected chi connectivity index (χ1v) is 11.9. The van der Waals surface area contributed by atoms with Crippen LogP contribution in [0.25, 0.3) is 45.5 Å². The molecule has 4 aromatic carbocycles. The highest BCUT2D eigenvalue weighted by molar-refractivity contribution is 7.89. The SMILES string of the molecule is C=Cc1cc(-c2ccc(-c3ccc(S(N)(=O)=O)cc3)c(-c3ccc(F)c(C=C)c3)c2)ccc1F. The van der Waals surface area contributed by atoms with Crippen LogP contribution in [0.4, 0.5) is 8.78 Å². The Morgan fingerprint density at radius 2 is 1.09 bits per heavy atom. The van der Waals surface area contributed by atoms with E-state index in [2.05, 4.69) is 13.2 Å². The number of nitrogens with two attached hydrogens (primary N) is 1. The van der Waals surface area contributed by atoms with Crippen LogP contribution in [0.5, 0.6) is 0 Å². The average Bonchev–Trinajstić information content (AvgIpc) is 2.84. The number of primary sulfonamides is 1. The van der Waals surface area contributed by atoms with Gasteiger partial charge in [-0.1, -0.05) is 61.7 Å². The Hall–Kier alpha value is -3.87. The lowest BCUT2D eigenvalue weighted by Gasteiger charge is -2.15. The number of rotatable bonds is 6. The summed E-state index contributed by atoms with van der Waals surface area (Å²) < 4.78 is 51.4. The topological polar surface area (TPSA) is 60.2 Å². The summed E-state index contributed by atoms with van der Waals surface area (Å²) in [5, 5.41) is 5.22. The number of sulfonamides is 1. The summed E-state index contributed by atoms with van der Waals surface area (Å²) in [6, 6.07) is 21.5. The van der Waals surface area contributed by atoms with Crippen molar-refractivity contribution in [3.63, 3.8) is 0 Å². The van der Waals surface area contributed by atoms with Crippen LogP contribution >= 0.6 is 0 Å². The molecule has 170 valence electrons. The molecule has 0 saturated heterocycles. The summed E-state index contributed by atoms with van der Waals surface area (Å²) in [6.07, 6.45) is 2.90. The number of halogens is 2. The Morgan fingerprint density at radius 3 is 1.65 bits per heavy atom. The van der Waals surface area contributed by atoms with Gasteiger partial charge in [-0.3, -0.25) is 0 Å². The van der Waals surface area contributed by atoms with Crippen LogP contribution < -0.4 is 5.14 Å². The molecule has 0 spiro atoms. The van der Waals surface area contributed by atoms with Gasteiger partial charge in [0, 0.05) is 11.1 Å². The first-order valence-electron chi connectivity index (χ1n) is 10.3. The van der Waals surface area contributed by atoms with E-state index in [1.165, 1.54) is 36.4 Å². The predicted octanol–water partition coefficient (Wildman–Crippen LogP) is 6.90. The lowest BCUT2D eigenvalue weighted by atomic mass is 9.90. The van der Waals surface area contributed by atoms with Crippen molar-refractivity contribution >= 4 is 22.2 Å². The van der Waals surface area contributed by atoms with Crippen molar-refractivity contribution in [3.8, 4) is 33.4 Å². The minimum atomic E-state index is -3.82. The number of benzene rings is 4. The predicted molar refractivity (Wildman–Crippen MR) is 134 cm³/mol. The van der Waals surface area contributed by atoms with Crippen molar-refractivity contribution in [1.82, 2.24) is 0 Å². The highest BCUT2D eigenvalue weighted by Gasteiger charge is 2.14. The lowest BCUT2D eigenvalue weighted by molar-refractivity contribution is 0.598. The van der Waals surface area contributed by atoms with Gasteiger partial charge in [-0.05, 0) is 75.8 Å². The van der Waals surface area contributed by atoms with E-state index in [0.29, 0.717) is 11.1 Å². The molecular formula is C28H21F2NO2S. The molecule has 6 heteroatoms. The number of hydrogen-bond donors (Lipinski definition) is 1. The van der Waals surface area contributed by atoms with Gasteiger partial charge in [0.25, 0.3) is 0 Å². The second kappa shape index (κ2) is 9.17. The van der Waals surface area contributed by atoms with Crippen LogP contribution in [-0.4, -0.2) is 8.42 Å². The van der Waals surface area contributed by atoms with Crippen LogP contribution in [-0.2, 0) is 10.0 Å². The minimum Gasteiger partial charge on any atom is -0.225 e. The van der Waals surface area contributed by atoms with Crippen molar-refractivity contribution < 1.29 is 17.2 Å². The van der Waals surface area contributed by atoms with Gasteiger partial charge in [0.15, 0.2) is 0 Å². The molecule has 0 aliphatic heterocycles. The molecule has 3 nitrogen and oxygen atoms in total. The van der Waals surface area contributed by atoms with Crippen LogP contribution in [0.15, 0.2) is 96.9 Å². The molecule has 0 saturated carbocycles. The van der Waals surface area contributed by atoms with Crippen molar-refractivity contribution in [3.05, 3.63) is 115 Å². The second-order valence-electron chi connectivity index (χ2n) is 7.71. The quantitative estimate of drug-likeness (QED) is 0.331. The van der Waals surface area contributed by atoms with Gasteiger partial charge >= 0.3 is 0 Å². The normalized spacial score (nSPS) is 11.3. The van der Waals surface area contributed by atoms with E-state index in [1.807, 2.05) is 18.2 Å². The molecule has 0 atom stereocenters. The van der Waals surface area contributed by atoms with Crippen LogP contribution in [0, 0.1) is 11.6 Å². The van der Waals surface area contributed by atoms with Crippen LogP contribution in [0.3, 0.4) is 0 Å². The third kappa shape index (κ3) is 4.59. The van der Waals surface area contributed by atoms with E-state index in [-0.39, 0.29) is 16.5 Å². The maximum absolute atomic E-state index is 14.1. The molecular weight excluding hydrogens is 452 g/mol. The molecule has 0 unspecified atom stereocenters. The lowest BCUT2D eigenvalue weighted by Crippen LogP contribution is -2.11. The Morgan fingerprint density at radius 1 is 0.618 bits per heavy atom. The highest BCUT2D eigenvalue weighted by atomic mass is 32.2. The van der Waals surface area contributed by atoms with E-state index in [4.69, 9.17) is 5.14 Å². The Kier molecular flexibility index (Phi) is 6.28. The maximum atomic E-state index is 14.1. The molecule has 0 bridgehead atoms. The van der Waals surface area contributed by atoms with Gasteiger partial charge in [0.1, 0.15) is 11.6 Å². The summed E-state index contributed by atoms with van der Waals surface area (Å²) >= 11 is 0. The average molecular weight is 474 g/mol. The monoisotopic (exact) mass is 473 g/mol. The van der Waals surface area contributed by atoms with E-state index < -0.39 is 10.0 Å². The summed E-state index contributed by atoms with van der Waals surface area (Å²) in [7, 11) is -3.82. The molecule has 0 amide bonds. The fourth-order valence-corrected chi connectivity index (χ4v) is 4.30. The molecule has 0 aliphatic carbocycles. The zero-order chi connectivity index (χ0) is 24.5. The fraction of sp³-hybridized carbons (Fsp3) is 0. The minimum absolute atomic E-state index is 0.00779. The van der Waals surface area contributed by atoms with Crippen LogP contribution in [0.2, 0.25) is 0 Å². The van der Waals surface area contributed by atoms with Crippen molar-refractivity contribution in [2.45, 2.75) is 4.90 Å².